The summed E-state index contributed by atoms with van der Waals surface area (Å²) in [4.78, 5) is 24.8. The van der Waals surface area contributed by atoms with Crippen molar-refractivity contribution in [2.75, 3.05) is 0 Å². The smallest absolute Gasteiger partial charge is 0.349 e. The maximum Gasteiger partial charge on any atom is 0.349 e. The van der Waals surface area contributed by atoms with E-state index < -0.39 is 81.2 Å². The predicted molar refractivity (Wildman–Crippen MR) is 133 cm³/mol. The Morgan fingerprint density at radius 3 is 1.02 bits per heavy atom. The molecule has 0 N–H and O–H groups in total. The topological polar surface area (TPSA) is 52.6 Å². The number of aryl methyl sites for hydroxylation is 2. The molecule has 44 heavy (non-hydrogen) atoms. The minimum atomic E-state index is -2.46. The molecule has 0 radical (unpaired) electrons. The number of rotatable bonds is 4. The molecule has 0 bridgehead atoms. The summed E-state index contributed by atoms with van der Waals surface area (Å²) in [7, 11) is 0. The summed E-state index contributed by atoms with van der Waals surface area (Å²) < 4.78 is 147. The maximum absolute atomic E-state index is 14.1. The Kier molecular flexibility index (Phi) is 7.48. The summed E-state index contributed by atoms with van der Waals surface area (Å²) in [6, 6.07) is 7.71. The van der Waals surface area contributed by atoms with Gasteiger partial charge in [-0.2, -0.15) is 0 Å². The van der Waals surface area contributed by atoms with E-state index in [-0.39, 0.29) is 11.5 Å². The van der Waals surface area contributed by atoms with Gasteiger partial charge in [-0.1, -0.05) is 12.1 Å². The van der Waals surface area contributed by atoms with Crippen molar-refractivity contribution >= 4 is 33.5 Å². The molecule has 4 nitrogen and oxygen atoms in total. The van der Waals surface area contributed by atoms with Gasteiger partial charge in [-0.3, -0.25) is 0 Å². The van der Waals surface area contributed by atoms with E-state index in [0.29, 0.717) is 32.7 Å². The van der Waals surface area contributed by atoms with Crippen LogP contribution in [-0.4, -0.2) is 11.9 Å². The number of carbonyl (C=O) groups excluding carboxylic acids is 2. The van der Waals surface area contributed by atoms with E-state index in [1.54, 1.807) is 6.92 Å². The van der Waals surface area contributed by atoms with Crippen molar-refractivity contribution in [3.05, 3.63) is 117 Å². The average molecular weight is 626 g/mol. The fourth-order valence-corrected chi connectivity index (χ4v) is 4.62. The van der Waals surface area contributed by atoms with Crippen molar-refractivity contribution in [3.63, 3.8) is 0 Å². The van der Waals surface area contributed by atoms with Crippen LogP contribution in [0.5, 0.6) is 11.5 Å². The molecule has 5 aromatic rings. The monoisotopic (exact) mass is 626 g/mol. The quantitative estimate of drug-likeness (QED) is 0.0502. The third-order valence-corrected chi connectivity index (χ3v) is 6.85. The Balaban J connectivity index is 1.54. The molecule has 0 saturated carbocycles. The number of hydrogen-bond acceptors (Lipinski definition) is 4. The van der Waals surface area contributed by atoms with Crippen molar-refractivity contribution in [3.8, 4) is 11.5 Å². The zero-order valence-electron chi connectivity index (χ0n) is 21.9. The molecule has 226 valence electrons. The van der Waals surface area contributed by atoms with Crippen LogP contribution in [0, 0.1) is 72.0 Å². The van der Waals surface area contributed by atoms with E-state index in [9.17, 15) is 53.5 Å². The van der Waals surface area contributed by atoms with Gasteiger partial charge in [0, 0.05) is 0 Å². The Morgan fingerprint density at radius 1 is 0.432 bits per heavy atom. The first-order chi connectivity index (χ1) is 20.6. The van der Waals surface area contributed by atoms with Gasteiger partial charge in [-0.05, 0) is 70.8 Å². The standard InChI is InChI=1S/C30H12F10O4/c1-9-13-5-3-11(43-29(41)17-19(31)23(35)27(39)24(36)20(17)32)7-15(13)10(2)16-8-12(4-6-14(9)16)44-30(42)18-21(33)25(37)28(40)26(38)22(18)34/h3-8H,1-2H3. The summed E-state index contributed by atoms with van der Waals surface area (Å²) in [5, 5.41) is 1.77. The van der Waals surface area contributed by atoms with Crippen LogP contribution in [0.15, 0.2) is 36.4 Å². The van der Waals surface area contributed by atoms with Gasteiger partial charge in [0.1, 0.15) is 22.6 Å². The Hall–Kier alpha value is -5.14. The van der Waals surface area contributed by atoms with E-state index in [0.717, 1.165) is 0 Å². The lowest BCUT2D eigenvalue weighted by atomic mass is 9.93. The molecule has 14 heteroatoms. The average Bonchev–Trinajstić information content (AvgIpc) is 2.99. The molecule has 0 unspecified atom stereocenters. The normalized spacial score (nSPS) is 11.4. The minimum Gasteiger partial charge on any atom is -0.423 e. The molecule has 0 fully saturated rings. The second-order valence-electron chi connectivity index (χ2n) is 9.33. The highest BCUT2D eigenvalue weighted by Crippen LogP contribution is 2.36. The lowest BCUT2D eigenvalue weighted by Crippen LogP contribution is -2.17. The Morgan fingerprint density at radius 2 is 0.705 bits per heavy atom. The number of fused-ring (bicyclic) bond motifs is 2. The van der Waals surface area contributed by atoms with E-state index in [1.165, 1.54) is 43.3 Å². The second kappa shape index (κ2) is 10.8. The second-order valence-corrected chi connectivity index (χ2v) is 9.33. The number of benzene rings is 5. The molecule has 0 spiro atoms. The van der Waals surface area contributed by atoms with Crippen LogP contribution in [0.4, 0.5) is 43.9 Å². The lowest BCUT2D eigenvalue weighted by Gasteiger charge is -2.15. The zero-order chi connectivity index (χ0) is 32.4. The number of carbonyl (C=O) groups is 2. The van der Waals surface area contributed by atoms with Crippen molar-refractivity contribution in [2.45, 2.75) is 13.8 Å². The largest absolute Gasteiger partial charge is 0.423 e. The number of hydrogen-bond donors (Lipinski definition) is 0. The molecule has 0 heterocycles. The van der Waals surface area contributed by atoms with Crippen LogP contribution < -0.4 is 9.47 Å². The van der Waals surface area contributed by atoms with E-state index >= 15 is 0 Å². The van der Waals surface area contributed by atoms with E-state index in [1.807, 2.05) is 0 Å². The lowest BCUT2D eigenvalue weighted by molar-refractivity contribution is 0.0711. The highest BCUT2D eigenvalue weighted by Gasteiger charge is 2.32. The predicted octanol–water partition coefficient (Wildman–Crippen LogP) is 8.44. The van der Waals surface area contributed by atoms with Crippen LogP contribution in [0.1, 0.15) is 31.8 Å². The molecule has 5 aromatic carbocycles. The van der Waals surface area contributed by atoms with Crippen molar-refractivity contribution in [1.82, 2.24) is 0 Å². The SMILES string of the molecule is Cc1c2ccc(OC(=O)c3c(F)c(F)c(F)c(F)c3F)cc2c(C)c2cc(OC(=O)c3c(F)c(F)c(F)c(F)c3F)ccc12. The Labute approximate surface area is 239 Å². The first kappa shape index (κ1) is 30.3. The summed E-state index contributed by atoms with van der Waals surface area (Å²) >= 11 is 0. The molecule has 0 amide bonds. The van der Waals surface area contributed by atoms with Gasteiger partial charge in [0.05, 0.1) is 0 Å². The van der Waals surface area contributed by atoms with Crippen LogP contribution in [0.3, 0.4) is 0 Å². The molecular weight excluding hydrogens is 614 g/mol. The molecule has 5 rings (SSSR count). The molecule has 0 aliphatic carbocycles. The van der Waals surface area contributed by atoms with Gasteiger partial charge in [-0.25, -0.2) is 53.5 Å². The van der Waals surface area contributed by atoms with Gasteiger partial charge in [-0.15, -0.1) is 0 Å². The zero-order valence-corrected chi connectivity index (χ0v) is 21.9. The van der Waals surface area contributed by atoms with Crippen LogP contribution in [-0.2, 0) is 0 Å². The van der Waals surface area contributed by atoms with Gasteiger partial charge < -0.3 is 9.47 Å². The van der Waals surface area contributed by atoms with Crippen LogP contribution in [0.25, 0.3) is 21.5 Å². The highest BCUT2D eigenvalue weighted by molar-refractivity contribution is 6.06. The van der Waals surface area contributed by atoms with E-state index in [4.69, 9.17) is 9.47 Å². The fraction of sp³-hybridized carbons (Fsp3) is 0.0667. The molecule has 0 aliphatic rings. The maximum atomic E-state index is 14.1. The van der Waals surface area contributed by atoms with Gasteiger partial charge in [0.2, 0.25) is 11.6 Å². The molecular formula is C30H12F10O4. The summed E-state index contributed by atoms with van der Waals surface area (Å²) in [6.45, 7) is 3.19. The minimum absolute atomic E-state index is 0.334. The number of esters is 2. The highest BCUT2D eigenvalue weighted by atomic mass is 19.2. The first-order valence-corrected chi connectivity index (χ1v) is 12.1. The number of ether oxygens (including phenoxy) is 2. The van der Waals surface area contributed by atoms with Gasteiger partial charge >= 0.3 is 11.9 Å². The van der Waals surface area contributed by atoms with Crippen molar-refractivity contribution in [2.24, 2.45) is 0 Å². The van der Waals surface area contributed by atoms with E-state index in [2.05, 4.69) is 0 Å². The van der Waals surface area contributed by atoms with Crippen molar-refractivity contribution in [1.29, 1.82) is 0 Å². The first-order valence-electron chi connectivity index (χ1n) is 12.1. The van der Waals surface area contributed by atoms with Crippen LogP contribution in [0.2, 0.25) is 0 Å². The summed E-state index contributed by atoms with van der Waals surface area (Å²) in [6.07, 6.45) is 0. The van der Waals surface area contributed by atoms with Gasteiger partial charge in [0.15, 0.2) is 46.5 Å². The van der Waals surface area contributed by atoms with Crippen molar-refractivity contribution < 1.29 is 63.0 Å². The summed E-state index contributed by atoms with van der Waals surface area (Å²) in [5.74, 6) is -28.3. The fourth-order valence-electron chi connectivity index (χ4n) is 4.62. The third-order valence-electron chi connectivity index (χ3n) is 6.85. The van der Waals surface area contributed by atoms with Gasteiger partial charge in [0.25, 0.3) is 0 Å². The van der Waals surface area contributed by atoms with Crippen LogP contribution >= 0.6 is 0 Å². The third kappa shape index (κ3) is 4.66. The summed E-state index contributed by atoms with van der Waals surface area (Å²) in [5.41, 5.74) is -2.64. The molecule has 0 saturated heterocycles. The molecule has 0 aromatic heterocycles. The number of halogens is 10. The Bertz CT molecular complexity index is 1890. The molecule has 0 aliphatic heterocycles. The molecule has 0 atom stereocenters.